The van der Waals surface area contributed by atoms with Crippen LogP contribution in [-0.4, -0.2) is 42.4 Å². The minimum atomic E-state index is -4.39. The molecule has 0 saturated carbocycles. The Morgan fingerprint density at radius 1 is 1.03 bits per heavy atom. The number of carbonyl (C=O) groups is 1. The zero-order chi connectivity index (χ0) is 19.9. The van der Waals surface area contributed by atoms with Crippen molar-refractivity contribution in [2.24, 2.45) is 11.8 Å². The molecule has 0 aliphatic carbocycles. The van der Waals surface area contributed by atoms with Gasteiger partial charge in [-0.2, -0.15) is 13.2 Å². The molecule has 0 aromatic heterocycles. The normalized spacial score (nSPS) is 24.3. The van der Waals surface area contributed by atoms with Crippen LogP contribution < -0.4 is 0 Å². The average Bonchev–Trinajstić information content (AvgIpc) is 3.18. The first-order valence-corrected chi connectivity index (χ1v) is 9.52. The van der Waals surface area contributed by atoms with Gasteiger partial charge >= 0.3 is 6.18 Å². The van der Waals surface area contributed by atoms with Gasteiger partial charge in [-0.3, -0.25) is 9.69 Å². The third-order valence-electron chi connectivity index (χ3n) is 6.00. The van der Waals surface area contributed by atoms with Crippen molar-refractivity contribution in [2.75, 3.05) is 26.7 Å². The smallest absolute Gasteiger partial charge is 0.342 e. The van der Waals surface area contributed by atoms with Gasteiger partial charge < -0.3 is 4.90 Å². The van der Waals surface area contributed by atoms with Gasteiger partial charge in [0.25, 0.3) is 0 Å². The second kappa shape index (κ2) is 8.36. The van der Waals surface area contributed by atoms with Gasteiger partial charge in [-0.25, -0.2) is 0 Å². The van der Waals surface area contributed by atoms with E-state index in [0.717, 1.165) is 18.7 Å². The summed E-state index contributed by atoms with van der Waals surface area (Å²) in [5, 5.41) is 0. The Kier molecular flexibility index (Phi) is 6.24. The number of fused-ring (bicyclic) bond motifs is 1. The molecule has 2 heterocycles. The first-order chi connectivity index (χ1) is 13.3. The lowest BCUT2D eigenvalue weighted by Crippen LogP contribution is -2.34. The number of carbonyl (C=O) groups excluding carboxylic acids is 1. The average molecular weight is 425 g/mol. The molecule has 2 fully saturated rings. The predicted molar refractivity (Wildman–Crippen MR) is 108 cm³/mol. The van der Waals surface area contributed by atoms with Gasteiger partial charge in [0.2, 0.25) is 5.91 Å². The molecule has 0 unspecified atom stereocenters. The number of alkyl halides is 3. The van der Waals surface area contributed by atoms with Crippen LogP contribution >= 0.6 is 12.4 Å². The summed E-state index contributed by atoms with van der Waals surface area (Å²) in [5.74, 6) is 0.668. The molecule has 2 aromatic carbocycles. The first-order valence-electron chi connectivity index (χ1n) is 9.52. The summed E-state index contributed by atoms with van der Waals surface area (Å²) < 4.78 is 38.7. The van der Waals surface area contributed by atoms with Crippen molar-refractivity contribution in [3.05, 3.63) is 71.3 Å². The fourth-order valence-electron chi connectivity index (χ4n) is 4.76. The van der Waals surface area contributed by atoms with E-state index in [9.17, 15) is 18.0 Å². The van der Waals surface area contributed by atoms with Crippen LogP contribution in [0.4, 0.5) is 13.2 Å². The van der Waals surface area contributed by atoms with E-state index < -0.39 is 11.7 Å². The number of nitrogens with zero attached hydrogens (tertiary/aromatic N) is 2. The van der Waals surface area contributed by atoms with Crippen LogP contribution in [0, 0.1) is 11.8 Å². The van der Waals surface area contributed by atoms with E-state index in [1.807, 2.05) is 23.1 Å². The summed E-state index contributed by atoms with van der Waals surface area (Å²) in [6.45, 7) is 2.26. The topological polar surface area (TPSA) is 23.6 Å². The van der Waals surface area contributed by atoms with E-state index in [0.29, 0.717) is 30.5 Å². The first kappa shape index (κ1) is 21.7. The lowest BCUT2D eigenvalue weighted by atomic mass is 9.90. The molecule has 0 radical (unpaired) electrons. The van der Waals surface area contributed by atoms with Crippen molar-refractivity contribution in [1.29, 1.82) is 0 Å². The lowest BCUT2D eigenvalue weighted by molar-refractivity contribution is -0.138. The highest BCUT2D eigenvalue weighted by molar-refractivity contribution is 5.85. The predicted octanol–water partition coefficient (Wildman–Crippen LogP) is 4.43. The van der Waals surface area contributed by atoms with Crippen LogP contribution in [-0.2, 0) is 17.4 Å². The highest BCUT2D eigenvalue weighted by atomic mass is 35.5. The third-order valence-corrected chi connectivity index (χ3v) is 6.00. The fourth-order valence-corrected chi connectivity index (χ4v) is 4.76. The molecule has 2 saturated heterocycles. The summed E-state index contributed by atoms with van der Waals surface area (Å²) in [6.07, 6.45) is -4.38. The molecule has 1 amide bonds. The summed E-state index contributed by atoms with van der Waals surface area (Å²) in [4.78, 5) is 16.9. The zero-order valence-corrected chi connectivity index (χ0v) is 16.9. The van der Waals surface area contributed by atoms with Gasteiger partial charge in [0.15, 0.2) is 0 Å². The molecule has 3 atom stereocenters. The van der Waals surface area contributed by atoms with E-state index in [4.69, 9.17) is 0 Å². The van der Waals surface area contributed by atoms with Crippen molar-refractivity contribution < 1.29 is 18.0 Å². The standard InChI is InChI=1S/C22H23F3N2O.ClH/c1-26-12-17-13-27(14-19(17)21(26)16-7-3-2-4-8-16)20(28)11-15-6-5-9-18(10-15)22(23,24)25;/h2-10,17,19,21H,11-14H2,1H3;1H/t17-,19+,21-;/m0./s1. The van der Waals surface area contributed by atoms with Gasteiger partial charge in [0, 0.05) is 31.6 Å². The summed E-state index contributed by atoms with van der Waals surface area (Å²) in [6, 6.07) is 15.6. The van der Waals surface area contributed by atoms with E-state index in [1.165, 1.54) is 11.6 Å². The molecule has 29 heavy (non-hydrogen) atoms. The van der Waals surface area contributed by atoms with Crippen molar-refractivity contribution in [2.45, 2.75) is 18.6 Å². The molecule has 2 aliphatic rings. The number of amides is 1. The van der Waals surface area contributed by atoms with Gasteiger partial charge in [-0.05, 0) is 30.2 Å². The van der Waals surface area contributed by atoms with Gasteiger partial charge in [-0.1, -0.05) is 48.5 Å². The molecule has 4 rings (SSSR count). The van der Waals surface area contributed by atoms with Crippen LogP contribution in [0.3, 0.4) is 0 Å². The summed E-state index contributed by atoms with van der Waals surface area (Å²) >= 11 is 0. The van der Waals surface area contributed by atoms with Gasteiger partial charge in [0.05, 0.1) is 12.0 Å². The maximum atomic E-state index is 12.9. The number of benzene rings is 2. The minimum Gasteiger partial charge on any atom is -0.342 e. The van der Waals surface area contributed by atoms with E-state index in [2.05, 4.69) is 24.1 Å². The number of hydrogen-bond acceptors (Lipinski definition) is 2. The molecule has 0 spiro atoms. The van der Waals surface area contributed by atoms with Gasteiger partial charge in [-0.15, -0.1) is 12.4 Å². The van der Waals surface area contributed by atoms with Gasteiger partial charge in [0.1, 0.15) is 0 Å². The lowest BCUT2D eigenvalue weighted by Gasteiger charge is -2.27. The monoisotopic (exact) mass is 424 g/mol. The maximum Gasteiger partial charge on any atom is 0.416 e. The molecule has 3 nitrogen and oxygen atoms in total. The molecule has 0 N–H and O–H groups in total. The molecular formula is C22H24ClF3N2O. The van der Waals surface area contributed by atoms with Crippen molar-refractivity contribution in [3.63, 3.8) is 0 Å². The molecule has 7 heteroatoms. The van der Waals surface area contributed by atoms with E-state index in [1.54, 1.807) is 6.07 Å². The number of rotatable bonds is 3. The molecule has 0 bridgehead atoms. The van der Waals surface area contributed by atoms with Crippen LogP contribution in [0.2, 0.25) is 0 Å². The van der Waals surface area contributed by atoms with E-state index in [-0.39, 0.29) is 30.8 Å². The SMILES string of the molecule is CN1C[C@H]2CN(C(=O)Cc3cccc(C(F)(F)F)c3)C[C@H]2[C@@H]1c1ccccc1.Cl. The molecule has 2 aliphatic heterocycles. The highest BCUT2D eigenvalue weighted by Gasteiger charge is 2.47. The molecule has 156 valence electrons. The highest BCUT2D eigenvalue weighted by Crippen LogP contribution is 2.44. The number of hydrogen-bond donors (Lipinski definition) is 0. The van der Waals surface area contributed by atoms with Crippen LogP contribution in [0.1, 0.15) is 22.7 Å². The van der Waals surface area contributed by atoms with E-state index >= 15 is 0 Å². The third kappa shape index (κ3) is 4.43. The van der Waals surface area contributed by atoms with Crippen molar-refractivity contribution in [1.82, 2.24) is 9.80 Å². The van der Waals surface area contributed by atoms with Crippen LogP contribution in [0.25, 0.3) is 0 Å². The Morgan fingerprint density at radius 3 is 2.45 bits per heavy atom. The second-order valence-corrected chi connectivity index (χ2v) is 7.89. The Morgan fingerprint density at radius 2 is 1.76 bits per heavy atom. The summed E-state index contributed by atoms with van der Waals surface area (Å²) in [5.41, 5.74) is 0.958. The van der Waals surface area contributed by atoms with Crippen molar-refractivity contribution >= 4 is 18.3 Å². The second-order valence-electron chi connectivity index (χ2n) is 7.89. The molecular weight excluding hydrogens is 401 g/mol. The minimum absolute atomic E-state index is 0. The number of halogens is 4. The largest absolute Gasteiger partial charge is 0.416 e. The Labute approximate surface area is 174 Å². The number of likely N-dealkylation sites (tertiary alicyclic amines) is 2. The maximum absolute atomic E-state index is 12.9. The Bertz CT molecular complexity index is 859. The quantitative estimate of drug-likeness (QED) is 0.727. The Hall–Kier alpha value is -2.05. The Balaban J connectivity index is 0.00000240. The van der Waals surface area contributed by atoms with Crippen molar-refractivity contribution in [3.8, 4) is 0 Å². The molecule has 2 aromatic rings. The zero-order valence-electron chi connectivity index (χ0n) is 16.1. The van der Waals surface area contributed by atoms with Crippen LogP contribution in [0.15, 0.2) is 54.6 Å². The van der Waals surface area contributed by atoms with Crippen LogP contribution in [0.5, 0.6) is 0 Å². The fraction of sp³-hybridized carbons (Fsp3) is 0.409. The summed E-state index contributed by atoms with van der Waals surface area (Å²) in [7, 11) is 2.12.